The number of hydrogen-bond donors (Lipinski definition) is 0. The Labute approximate surface area is 522 Å². The summed E-state index contributed by atoms with van der Waals surface area (Å²) in [6.45, 7) is 0. The normalized spacial score (nSPS) is 12.1. The van der Waals surface area contributed by atoms with Crippen molar-refractivity contribution in [1.82, 2.24) is 29.9 Å². The fourth-order valence-electron chi connectivity index (χ4n) is 14.1. The van der Waals surface area contributed by atoms with Crippen LogP contribution in [0.2, 0.25) is 0 Å². The van der Waals surface area contributed by atoms with E-state index in [9.17, 15) is 0 Å². The fraction of sp³-hybridized carbons (Fsp3) is 0. The van der Waals surface area contributed by atoms with E-state index in [4.69, 9.17) is 47.6 Å². The average molecular weight is 1180 g/mol. The maximum atomic E-state index is 6.89. The number of fused-ring (bicyclic) bond motifs is 20. The Hall–Kier alpha value is -12.7. The van der Waals surface area contributed by atoms with Crippen LogP contribution in [0.15, 0.2) is 285 Å². The molecule has 0 spiro atoms. The Kier molecular flexibility index (Phi) is 10.6. The monoisotopic (exact) mass is 1180 g/mol. The standard InChI is InChI=1S/C82H44N6O4/c1-2-15-48(16-3-1)77-83-79(88-82(85-77)60-25-13-23-55-53-19-4-8-26-64(53)92-76(55)60)52-36-33-46-37-39-54-61(44-70-75(73(54)63(46)43-52)58-22-7-11-29-67(58)91-70)49-17-12-18-50(41-49)78-84-80(87-81(86-78)59-24-14-30-68-72(59)56-20-5-9-27-65(56)89-68)51-35-32-45-31-34-47-38-40-69-74(71(47)62(45)42-51)57-21-6-10-28-66(57)90-69/h1-44H. The molecule has 92 heavy (non-hydrogen) atoms. The van der Waals surface area contributed by atoms with Crippen LogP contribution in [0.1, 0.15) is 0 Å². The van der Waals surface area contributed by atoms with E-state index in [-0.39, 0.29) is 0 Å². The number of aromatic nitrogens is 6. The van der Waals surface area contributed by atoms with E-state index in [0.29, 0.717) is 34.9 Å². The number of nitrogens with zero attached hydrogens (tertiary/aromatic N) is 6. The number of hydrogen-bond acceptors (Lipinski definition) is 10. The van der Waals surface area contributed by atoms with Gasteiger partial charge in [0.05, 0.1) is 5.56 Å². The van der Waals surface area contributed by atoms with Crippen molar-refractivity contribution in [2.45, 2.75) is 0 Å². The molecule has 0 saturated heterocycles. The lowest BCUT2D eigenvalue weighted by Gasteiger charge is -2.14. The first-order valence-electron chi connectivity index (χ1n) is 30.6. The van der Waals surface area contributed by atoms with Gasteiger partial charge in [-0.15, -0.1) is 0 Å². The van der Waals surface area contributed by atoms with Crippen molar-refractivity contribution in [2.75, 3.05) is 0 Å². The molecule has 0 amide bonds. The second kappa shape index (κ2) is 19.4. The van der Waals surface area contributed by atoms with Crippen LogP contribution in [0.5, 0.6) is 0 Å². The van der Waals surface area contributed by atoms with Gasteiger partial charge in [0.2, 0.25) is 0 Å². The van der Waals surface area contributed by atoms with Gasteiger partial charge < -0.3 is 17.7 Å². The predicted molar refractivity (Wildman–Crippen MR) is 370 cm³/mol. The molecule has 14 aromatic carbocycles. The van der Waals surface area contributed by atoms with Crippen LogP contribution in [-0.2, 0) is 0 Å². The van der Waals surface area contributed by atoms with Crippen LogP contribution in [0, 0.1) is 0 Å². The molecule has 0 aliphatic rings. The molecule has 6 heterocycles. The second-order valence-electron chi connectivity index (χ2n) is 23.6. The van der Waals surface area contributed by atoms with E-state index < -0.39 is 0 Å². The molecule has 0 fully saturated rings. The molecule has 20 rings (SSSR count). The lowest BCUT2D eigenvalue weighted by Crippen LogP contribution is -2.01. The molecule has 0 atom stereocenters. The third-order valence-corrected chi connectivity index (χ3v) is 18.3. The summed E-state index contributed by atoms with van der Waals surface area (Å²) in [6.07, 6.45) is 0. The van der Waals surface area contributed by atoms with Crippen LogP contribution in [-0.4, -0.2) is 29.9 Å². The fourth-order valence-corrected chi connectivity index (χ4v) is 14.1. The lowest BCUT2D eigenvalue weighted by atomic mass is 9.90. The van der Waals surface area contributed by atoms with Gasteiger partial charge in [-0.3, -0.25) is 0 Å². The largest absolute Gasteiger partial charge is 0.456 e. The SMILES string of the molecule is c1ccc(-c2nc(-c3ccc4ccc5c(-c6cccc(-c7nc(-c8ccc9ccc%10ccc%11oc%12ccccc%12c%11c%10c9c8)nc(-c8cccc9oc%10ccccc%10c89)n7)c6)cc6oc7ccccc7c6c5c4c3)nc(-c3cccc4c3oc3ccccc34)n2)cc1. The summed E-state index contributed by atoms with van der Waals surface area (Å²) in [5.74, 6) is 3.19. The molecule has 0 aliphatic carbocycles. The first-order chi connectivity index (χ1) is 45.5. The van der Waals surface area contributed by atoms with Crippen molar-refractivity contribution < 1.29 is 17.7 Å². The smallest absolute Gasteiger partial charge is 0.167 e. The molecule has 0 radical (unpaired) electrons. The molecule has 0 saturated carbocycles. The summed E-state index contributed by atoms with van der Waals surface area (Å²) < 4.78 is 26.4. The first kappa shape index (κ1) is 50.3. The van der Waals surface area contributed by atoms with E-state index in [1.165, 1.54) is 0 Å². The topological polar surface area (TPSA) is 130 Å². The van der Waals surface area contributed by atoms with Crippen molar-refractivity contribution >= 4 is 131 Å². The van der Waals surface area contributed by atoms with Gasteiger partial charge in [0.1, 0.15) is 44.7 Å². The minimum atomic E-state index is 0.516. The van der Waals surface area contributed by atoms with Crippen LogP contribution in [0.25, 0.3) is 210 Å². The molecular weight excluding hydrogens is 1130 g/mol. The molecule has 0 unspecified atom stereocenters. The Morgan fingerprint density at radius 1 is 0.185 bits per heavy atom. The quantitative estimate of drug-likeness (QED) is 0.142. The van der Waals surface area contributed by atoms with Crippen LogP contribution in [0.4, 0.5) is 0 Å². The van der Waals surface area contributed by atoms with Gasteiger partial charge in [-0.25, -0.2) is 29.9 Å². The van der Waals surface area contributed by atoms with Gasteiger partial charge in [-0.2, -0.15) is 0 Å². The summed E-state index contributed by atoms with van der Waals surface area (Å²) in [6, 6.07) is 91.8. The highest BCUT2D eigenvalue weighted by atomic mass is 16.3. The van der Waals surface area contributed by atoms with E-state index >= 15 is 0 Å². The minimum absolute atomic E-state index is 0.516. The Morgan fingerprint density at radius 2 is 0.620 bits per heavy atom. The van der Waals surface area contributed by atoms with Crippen molar-refractivity contribution in [3.8, 4) is 79.5 Å². The first-order valence-corrected chi connectivity index (χ1v) is 30.6. The van der Waals surface area contributed by atoms with Crippen molar-refractivity contribution in [3.63, 3.8) is 0 Å². The van der Waals surface area contributed by atoms with Crippen LogP contribution < -0.4 is 0 Å². The molecule has 0 bridgehead atoms. The summed E-state index contributed by atoms with van der Waals surface area (Å²) >= 11 is 0. The maximum absolute atomic E-state index is 6.89. The Morgan fingerprint density at radius 3 is 1.32 bits per heavy atom. The Balaban J connectivity index is 0.788. The predicted octanol–water partition coefficient (Wildman–Crippen LogP) is 21.9. The van der Waals surface area contributed by atoms with E-state index in [0.717, 1.165) is 175 Å². The highest BCUT2D eigenvalue weighted by Crippen LogP contribution is 2.46. The van der Waals surface area contributed by atoms with Gasteiger partial charge in [-0.05, 0) is 110 Å². The molecular formula is C82H44N6O4. The number of furan rings is 4. The summed E-state index contributed by atoms with van der Waals surface area (Å²) in [7, 11) is 0. The van der Waals surface area contributed by atoms with Crippen molar-refractivity contribution in [1.29, 1.82) is 0 Å². The number of benzene rings is 14. The molecule has 6 aromatic heterocycles. The molecule has 10 nitrogen and oxygen atoms in total. The zero-order valence-corrected chi connectivity index (χ0v) is 48.7. The summed E-state index contributed by atoms with van der Waals surface area (Å²) in [5, 5.41) is 16.7. The molecule has 0 aliphatic heterocycles. The maximum Gasteiger partial charge on any atom is 0.167 e. The average Bonchev–Trinajstić information content (AvgIpc) is 1.36. The lowest BCUT2D eigenvalue weighted by molar-refractivity contribution is 0.668. The third-order valence-electron chi connectivity index (χ3n) is 18.3. The zero-order chi connectivity index (χ0) is 60.1. The highest BCUT2D eigenvalue weighted by molar-refractivity contribution is 6.30. The highest BCUT2D eigenvalue weighted by Gasteiger charge is 2.24. The van der Waals surface area contributed by atoms with Crippen LogP contribution in [0.3, 0.4) is 0 Å². The third kappa shape index (κ3) is 7.67. The van der Waals surface area contributed by atoms with E-state index in [2.05, 4.69) is 152 Å². The molecule has 0 N–H and O–H groups in total. The van der Waals surface area contributed by atoms with E-state index in [1.807, 2.05) is 115 Å². The summed E-state index contributed by atoms with van der Waals surface area (Å²) in [5.41, 5.74) is 13.3. The van der Waals surface area contributed by atoms with E-state index in [1.54, 1.807) is 0 Å². The molecule has 20 aromatic rings. The number of para-hydroxylation sites is 5. The second-order valence-corrected chi connectivity index (χ2v) is 23.6. The Bertz CT molecular complexity index is 6540. The van der Waals surface area contributed by atoms with Crippen molar-refractivity contribution in [3.05, 3.63) is 267 Å². The zero-order valence-electron chi connectivity index (χ0n) is 48.7. The van der Waals surface area contributed by atoms with Crippen LogP contribution >= 0.6 is 0 Å². The number of rotatable bonds is 7. The molecule has 426 valence electrons. The van der Waals surface area contributed by atoms with Crippen molar-refractivity contribution in [2.24, 2.45) is 0 Å². The molecule has 10 heteroatoms. The van der Waals surface area contributed by atoms with Gasteiger partial charge in [0, 0.05) is 81.7 Å². The summed E-state index contributed by atoms with van der Waals surface area (Å²) in [4.78, 5) is 32.0. The van der Waals surface area contributed by atoms with Gasteiger partial charge in [0.25, 0.3) is 0 Å². The van der Waals surface area contributed by atoms with Gasteiger partial charge >= 0.3 is 0 Å². The minimum Gasteiger partial charge on any atom is -0.456 e. The van der Waals surface area contributed by atoms with Gasteiger partial charge in [0.15, 0.2) is 34.9 Å². The van der Waals surface area contributed by atoms with Gasteiger partial charge in [-0.1, -0.05) is 200 Å².